The Labute approximate surface area is 230 Å². The van der Waals surface area contributed by atoms with Gasteiger partial charge in [0.15, 0.2) is 5.69 Å². The molecular weight excluding hydrogens is 494 g/mol. The Morgan fingerprint density at radius 2 is 1.85 bits per heavy atom. The number of piperazine rings is 1. The third-order valence-electron chi connectivity index (χ3n) is 7.27. The minimum atomic E-state index is -0.877. The molecule has 1 aromatic carbocycles. The van der Waals surface area contributed by atoms with Crippen molar-refractivity contribution in [3.05, 3.63) is 59.7 Å². The largest absolute Gasteiger partial charge is 0.465 e. The minimum Gasteiger partial charge on any atom is -0.465 e. The fourth-order valence-electron chi connectivity index (χ4n) is 4.88. The molecule has 0 saturated carbocycles. The molecule has 1 fully saturated rings. The number of aryl methyl sites for hydroxylation is 1. The van der Waals surface area contributed by atoms with E-state index in [2.05, 4.69) is 58.4 Å². The second-order valence-electron chi connectivity index (χ2n) is 12.2. The lowest BCUT2D eigenvalue weighted by Gasteiger charge is -2.47. The third kappa shape index (κ3) is 6.21. The van der Waals surface area contributed by atoms with Gasteiger partial charge in [-0.25, -0.2) is 9.48 Å². The van der Waals surface area contributed by atoms with E-state index < -0.39 is 6.09 Å². The number of pyridine rings is 1. The molecule has 10 nitrogen and oxygen atoms in total. The van der Waals surface area contributed by atoms with Gasteiger partial charge in [-0.2, -0.15) is 0 Å². The molecule has 1 aliphatic heterocycles. The average molecular weight is 534 g/mol. The van der Waals surface area contributed by atoms with Crippen molar-refractivity contribution in [2.24, 2.45) is 5.41 Å². The number of nitrogens with one attached hydrogen (secondary N) is 1. The highest BCUT2D eigenvalue weighted by Gasteiger charge is 2.38. The van der Waals surface area contributed by atoms with Gasteiger partial charge in [0.1, 0.15) is 0 Å². The molecule has 0 aliphatic carbocycles. The fraction of sp³-hybridized carbons (Fsp3) is 0.483. The maximum absolute atomic E-state index is 12.7. The molecule has 1 unspecified atom stereocenters. The Morgan fingerprint density at radius 1 is 1.10 bits per heavy atom. The van der Waals surface area contributed by atoms with Crippen LogP contribution in [-0.2, 0) is 12.1 Å². The Hall–Kier alpha value is -3.95. The number of carbonyl (C=O) groups excluding carboxylic acids is 1. The van der Waals surface area contributed by atoms with E-state index in [1.54, 1.807) is 22.0 Å². The van der Waals surface area contributed by atoms with Crippen LogP contribution in [0.4, 0.5) is 10.5 Å². The van der Waals surface area contributed by atoms with E-state index in [9.17, 15) is 14.7 Å². The molecule has 39 heavy (non-hydrogen) atoms. The summed E-state index contributed by atoms with van der Waals surface area (Å²) in [5.74, 6) is -0.265. The number of amides is 2. The van der Waals surface area contributed by atoms with Crippen LogP contribution in [0.2, 0.25) is 0 Å². The van der Waals surface area contributed by atoms with Crippen LogP contribution in [-0.4, -0.2) is 67.7 Å². The van der Waals surface area contributed by atoms with Crippen molar-refractivity contribution < 1.29 is 14.7 Å². The molecule has 4 rings (SSSR count). The van der Waals surface area contributed by atoms with Gasteiger partial charge in [-0.1, -0.05) is 44.2 Å². The van der Waals surface area contributed by atoms with Crippen LogP contribution in [0.3, 0.4) is 0 Å². The maximum atomic E-state index is 12.7. The van der Waals surface area contributed by atoms with E-state index in [1.807, 2.05) is 46.0 Å². The summed E-state index contributed by atoms with van der Waals surface area (Å²) in [4.78, 5) is 32.7. The summed E-state index contributed by atoms with van der Waals surface area (Å²) in [7, 11) is 0. The Balaban J connectivity index is 1.51. The summed E-state index contributed by atoms with van der Waals surface area (Å²) >= 11 is 0. The zero-order valence-electron chi connectivity index (χ0n) is 23.9. The smallest absolute Gasteiger partial charge is 0.407 e. The van der Waals surface area contributed by atoms with Gasteiger partial charge in [0.05, 0.1) is 29.7 Å². The van der Waals surface area contributed by atoms with Crippen LogP contribution < -0.4 is 10.2 Å². The predicted octanol–water partition coefficient (Wildman–Crippen LogP) is 4.55. The van der Waals surface area contributed by atoms with Gasteiger partial charge in [-0.05, 0) is 55.9 Å². The highest BCUT2D eigenvalue weighted by molar-refractivity contribution is 5.91. The summed E-state index contributed by atoms with van der Waals surface area (Å²) in [5.41, 5.74) is 4.96. The number of nitrogens with zero attached hydrogens (tertiary/aromatic N) is 6. The van der Waals surface area contributed by atoms with Gasteiger partial charge < -0.3 is 20.2 Å². The van der Waals surface area contributed by atoms with Crippen molar-refractivity contribution in [2.75, 3.05) is 24.5 Å². The summed E-state index contributed by atoms with van der Waals surface area (Å²) in [6, 6.07) is 8.05. The topological polar surface area (TPSA) is 116 Å². The van der Waals surface area contributed by atoms with Crippen LogP contribution in [0, 0.1) is 12.3 Å². The lowest BCUT2D eigenvalue weighted by atomic mass is 9.84. The molecule has 0 bridgehead atoms. The van der Waals surface area contributed by atoms with Crippen molar-refractivity contribution in [2.45, 2.75) is 66.6 Å². The highest BCUT2D eigenvalue weighted by atomic mass is 16.4. The van der Waals surface area contributed by atoms with Gasteiger partial charge in [0.2, 0.25) is 0 Å². The highest BCUT2D eigenvalue weighted by Crippen LogP contribution is 2.35. The molecule has 10 heteroatoms. The zero-order valence-corrected chi connectivity index (χ0v) is 23.9. The van der Waals surface area contributed by atoms with Crippen LogP contribution in [0.15, 0.2) is 42.9 Å². The molecule has 0 spiro atoms. The number of benzene rings is 1. The number of anilines is 1. The number of carbonyl (C=O) groups is 2. The lowest BCUT2D eigenvalue weighted by molar-refractivity contribution is 0.0748. The van der Waals surface area contributed by atoms with Crippen LogP contribution in [0.5, 0.6) is 0 Å². The summed E-state index contributed by atoms with van der Waals surface area (Å²) < 4.78 is 1.68. The van der Waals surface area contributed by atoms with Crippen molar-refractivity contribution in [3.63, 3.8) is 0 Å². The van der Waals surface area contributed by atoms with Gasteiger partial charge in [0, 0.05) is 37.9 Å². The summed E-state index contributed by atoms with van der Waals surface area (Å²) in [6.45, 7) is 16.3. The minimum absolute atomic E-state index is 0.144. The van der Waals surface area contributed by atoms with Crippen LogP contribution in [0.25, 0.3) is 11.1 Å². The number of rotatable bonds is 5. The van der Waals surface area contributed by atoms with E-state index in [4.69, 9.17) is 0 Å². The standard InChI is InChI=1S/C29H39N7O3/c1-19-14-20(8-9-21(19)15-31-26(37)23-17-36(33-32-23)29(5,6)7)22-10-11-30-16-24(22)34-12-13-35(27(38)39)25(18-34)28(2,3)4/h8-11,14,16-17,25H,12-13,15,18H2,1-7H3,(H,31,37)(H,38,39). The van der Waals surface area contributed by atoms with E-state index >= 15 is 0 Å². The monoisotopic (exact) mass is 533 g/mol. The SMILES string of the molecule is Cc1cc(-c2ccncc2N2CCN(C(=O)O)C(C(C)(C)C)C2)ccc1CNC(=O)c1cn(C(C)(C)C)nn1. The number of hydrogen-bond donors (Lipinski definition) is 2. The molecule has 0 radical (unpaired) electrons. The van der Waals surface area contributed by atoms with Crippen LogP contribution in [0.1, 0.15) is 63.2 Å². The summed E-state index contributed by atoms with van der Waals surface area (Å²) in [5, 5.41) is 20.8. The molecule has 2 N–H and O–H groups in total. The molecule has 2 aromatic heterocycles. The molecule has 208 valence electrons. The third-order valence-corrected chi connectivity index (χ3v) is 7.27. The fourth-order valence-corrected chi connectivity index (χ4v) is 4.88. The van der Waals surface area contributed by atoms with Crippen molar-refractivity contribution in [1.29, 1.82) is 0 Å². The number of carboxylic acid groups (broad SMARTS) is 1. The number of aromatic nitrogens is 4. The predicted molar refractivity (Wildman–Crippen MR) is 151 cm³/mol. The lowest BCUT2D eigenvalue weighted by Crippen LogP contribution is -2.59. The van der Waals surface area contributed by atoms with Gasteiger partial charge in [-0.15, -0.1) is 5.10 Å². The van der Waals surface area contributed by atoms with E-state index in [1.165, 1.54) is 0 Å². The van der Waals surface area contributed by atoms with Crippen molar-refractivity contribution in [1.82, 2.24) is 30.2 Å². The van der Waals surface area contributed by atoms with E-state index in [0.29, 0.717) is 26.2 Å². The molecule has 2 amide bonds. The normalized spacial score (nSPS) is 16.3. The Morgan fingerprint density at radius 3 is 2.46 bits per heavy atom. The first-order valence-corrected chi connectivity index (χ1v) is 13.2. The molecule has 3 aromatic rings. The average Bonchev–Trinajstić information content (AvgIpc) is 3.38. The van der Waals surface area contributed by atoms with Gasteiger partial charge >= 0.3 is 6.09 Å². The molecule has 1 saturated heterocycles. The van der Waals surface area contributed by atoms with E-state index in [-0.39, 0.29) is 28.6 Å². The quantitative estimate of drug-likeness (QED) is 0.494. The first-order chi connectivity index (χ1) is 18.3. The van der Waals surface area contributed by atoms with Gasteiger partial charge in [-0.3, -0.25) is 9.78 Å². The number of hydrogen-bond acceptors (Lipinski definition) is 6. The summed E-state index contributed by atoms with van der Waals surface area (Å²) in [6.07, 6.45) is 4.43. The molecule has 3 heterocycles. The molecule has 1 aliphatic rings. The molecule has 1 atom stereocenters. The second-order valence-corrected chi connectivity index (χ2v) is 12.2. The van der Waals surface area contributed by atoms with Gasteiger partial charge in [0.25, 0.3) is 5.91 Å². The van der Waals surface area contributed by atoms with Crippen LogP contribution >= 0.6 is 0 Å². The Kier molecular flexibility index (Phi) is 7.68. The Bertz CT molecular complexity index is 1350. The first kappa shape index (κ1) is 28.1. The second kappa shape index (κ2) is 10.7. The first-order valence-electron chi connectivity index (χ1n) is 13.2. The maximum Gasteiger partial charge on any atom is 0.407 e. The zero-order chi connectivity index (χ0) is 28.5. The van der Waals surface area contributed by atoms with Crippen molar-refractivity contribution in [3.8, 4) is 11.1 Å². The van der Waals surface area contributed by atoms with Crippen molar-refractivity contribution >= 4 is 17.7 Å². The molecular formula is C29H39N7O3. The van der Waals surface area contributed by atoms with E-state index in [0.717, 1.165) is 27.9 Å².